The Morgan fingerprint density at radius 1 is 0.750 bits per heavy atom. The van der Waals surface area contributed by atoms with Crippen LogP contribution in [0.15, 0.2) is 36.5 Å². The Balaban J connectivity index is 2.32. The highest BCUT2D eigenvalue weighted by atomic mass is 14.2. The van der Waals surface area contributed by atoms with Crippen LogP contribution in [0.25, 0.3) is 0 Å². The minimum Gasteiger partial charge on any atom is -0.0882 e. The van der Waals surface area contributed by atoms with Gasteiger partial charge in [0.05, 0.1) is 0 Å². The lowest BCUT2D eigenvalue weighted by Gasteiger charge is -2.23. The summed E-state index contributed by atoms with van der Waals surface area (Å²) in [4.78, 5) is 0. The highest BCUT2D eigenvalue weighted by Gasteiger charge is 2.16. The molecule has 0 aromatic rings. The van der Waals surface area contributed by atoms with E-state index in [1.807, 2.05) is 0 Å². The number of hydrogen-bond acceptors (Lipinski definition) is 0. The van der Waals surface area contributed by atoms with E-state index in [9.17, 15) is 0 Å². The Bertz CT molecular complexity index is 265. The normalized spacial score (nSPS) is 23.1. The van der Waals surface area contributed by atoms with E-state index < -0.39 is 0 Å². The number of hydrogen-bond donors (Lipinski definition) is 0. The van der Waals surface area contributed by atoms with Crippen LogP contribution in [0.5, 0.6) is 0 Å². The highest BCUT2D eigenvalue weighted by molar-refractivity contribution is 5.08. The van der Waals surface area contributed by atoms with E-state index in [1.165, 1.54) is 64.2 Å². The van der Waals surface area contributed by atoms with Crippen LogP contribution in [-0.2, 0) is 0 Å². The summed E-state index contributed by atoms with van der Waals surface area (Å²) >= 11 is 0. The first-order chi connectivity index (χ1) is 9.88. The van der Waals surface area contributed by atoms with Gasteiger partial charge >= 0.3 is 0 Å². The Hall–Kier alpha value is -0.780. The summed E-state index contributed by atoms with van der Waals surface area (Å²) in [6.07, 6.45) is 27.6. The van der Waals surface area contributed by atoms with Gasteiger partial charge in [0.2, 0.25) is 0 Å². The van der Waals surface area contributed by atoms with Crippen LogP contribution in [0.4, 0.5) is 0 Å². The van der Waals surface area contributed by atoms with Crippen molar-refractivity contribution in [3.8, 4) is 0 Å². The molecule has 0 bridgehead atoms. The lowest BCUT2D eigenvalue weighted by molar-refractivity contribution is 0.462. The first-order valence-corrected chi connectivity index (χ1v) is 8.86. The van der Waals surface area contributed by atoms with Crippen LogP contribution in [-0.4, -0.2) is 0 Å². The van der Waals surface area contributed by atoms with Gasteiger partial charge in [0.15, 0.2) is 0 Å². The summed E-state index contributed by atoms with van der Waals surface area (Å²) in [5, 5.41) is 0. The van der Waals surface area contributed by atoms with Crippen molar-refractivity contribution in [3.05, 3.63) is 36.5 Å². The molecule has 1 aliphatic carbocycles. The zero-order chi connectivity index (χ0) is 14.5. The van der Waals surface area contributed by atoms with Gasteiger partial charge < -0.3 is 0 Å². The molecular formula is C20H34. The molecule has 0 nitrogen and oxygen atoms in total. The van der Waals surface area contributed by atoms with E-state index in [0.29, 0.717) is 0 Å². The average molecular weight is 274 g/mol. The predicted molar refractivity (Wildman–Crippen MR) is 91.9 cm³/mol. The fourth-order valence-electron chi connectivity index (χ4n) is 2.87. The summed E-state index contributed by atoms with van der Waals surface area (Å²) in [5.74, 6) is 1.48. The predicted octanol–water partition coefficient (Wildman–Crippen LogP) is 6.84. The third-order valence-corrected chi connectivity index (χ3v) is 4.25. The monoisotopic (exact) mass is 274 g/mol. The maximum absolute atomic E-state index is 2.49. The van der Waals surface area contributed by atoms with Crippen molar-refractivity contribution in [1.29, 1.82) is 0 Å². The van der Waals surface area contributed by atoms with E-state index >= 15 is 0 Å². The molecule has 0 heterocycles. The molecule has 0 saturated heterocycles. The van der Waals surface area contributed by atoms with E-state index in [1.54, 1.807) is 0 Å². The second-order valence-corrected chi connectivity index (χ2v) is 6.12. The topological polar surface area (TPSA) is 0 Å². The largest absolute Gasteiger partial charge is 0.0882 e. The second-order valence-electron chi connectivity index (χ2n) is 6.12. The lowest BCUT2D eigenvalue weighted by atomic mass is 9.82. The van der Waals surface area contributed by atoms with Gasteiger partial charge in [0.1, 0.15) is 0 Å². The van der Waals surface area contributed by atoms with Crippen molar-refractivity contribution in [2.45, 2.75) is 78.1 Å². The van der Waals surface area contributed by atoms with Crippen LogP contribution in [0.3, 0.4) is 0 Å². The Morgan fingerprint density at radius 3 is 1.60 bits per heavy atom. The molecule has 0 aromatic heterocycles. The minimum atomic E-state index is 0.740. The van der Waals surface area contributed by atoms with Gasteiger partial charge in [-0.25, -0.2) is 0 Å². The first kappa shape index (κ1) is 17.3. The Labute approximate surface area is 127 Å². The quantitative estimate of drug-likeness (QED) is 0.302. The first-order valence-electron chi connectivity index (χ1n) is 8.86. The van der Waals surface area contributed by atoms with E-state index in [-0.39, 0.29) is 0 Å². The molecule has 2 atom stereocenters. The standard InChI is InChI=1S/C20H34/c1-3-5-7-9-11-15-19-17-13-14-18-20(19)16-12-10-8-6-4-2/h11-16,19-20H,3-10,17-18H2,1-2H3. The minimum absolute atomic E-state index is 0.740. The van der Waals surface area contributed by atoms with Crippen LogP contribution in [0.2, 0.25) is 0 Å². The van der Waals surface area contributed by atoms with Gasteiger partial charge in [-0.3, -0.25) is 0 Å². The number of rotatable bonds is 10. The Morgan fingerprint density at radius 2 is 1.20 bits per heavy atom. The highest BCUT2D eigenvalue weighted by Crippen LogP contribution is 2.28. The number of unbranched alkanes of at least 4 members (excludes halogenated alkanes) is 6. The molecule has 0 radical (unpaired) electrons. The van der Waals surface area contributed by atoms with Crippen LogP contribution in [0.1, 0.15) is 78.1 Å². The van der Waals surface area contributed by atoms with Gasteiger partial charge in [-0.2, -0.15) is 0 Å². The fraction of sp³-hybridized carbons (Fsp3) is 0.700. The van der Waals surface area contributed by atoms with Crippen molar-refractivity contribution in [2.75, 3.05) is 0 Å². The molecular weight excluding hydrogens is 240 g/mol. The molecule has 1 aliphatic rings. The lowest BCUT2D eigenvalue weighted by Crippen LogP contribution is -2.12. The van der Waals surface area contributed by atoms with Crippen molar-refractivity contribution in [1.82, 2.24) is 0 Å². The summed E-state index contributed by atoms with van der Waals surface area (Å²) < 4.78 is 0. The fourth-order valence-corrected chi connectivity index (χ4v) is 2.87. The summed E-state index contributed by atoms with van der Waals surface area (Å²) in [5.41, 5.74) is 0. The zero-order valence-electron chi connectivity index (χ0n) is 13.7. The van der Waals surface area contributed by atoms with E-state index in [4.69, 9.17) is 0 Å². The molecule has 0 N–H and O–H groups in total. The van der Waals surface area contributed by atoms with Gasteiger partial charge in [0.25, 0.3) is 0 Å². The van der Waals surface area contributed by atoms with Crippen LogP contribution < -0.4 is 0 Å². The molecule has 0 aliphatic heterocycles. The van der Waals surface area contributed by atoms with Gasteiger partial charge in [-0.05, 0) is 50.4 Å². The molecule has 1 rings (SSSR count). The van der Waals surface area contributed by atoms with E-state index in [0.717, 1.165) is 11.8 Å². The molecule has 0 fully saturated rings. The summed E-state index contributed by atoms with van der Waals surface area (Å²) in [6, 6.07) is 0. The summed E-state index contributed by atoms with van der Waals surface area (Å²) in [7, 11) is 0. The maximum Gasteiger partial charge on any atom is -0.0133 e. The summed E-state index contributed by atoms with van der Waals surface area (Å²) in [6.45, 7) is 4.55. The van der Waals surface area contributed by atoms with Gasteiger partial charge in [-0.15, -0.1) is 0 Å². The van der Waals surface area contributed by atoms with Gasteiger partial charge in [-0.1, -0.05) is 76.0 Å². The zero-order valence-corrected chi connectivity index (χ0v) is 13.7. The van der Waals surface area contributed by atoms with Crippen LogP contribution in [0, 0.1) is 11.8 Å². The van der Waals surface area contributed by atoms with Crippen molar-refractivity contribution in [3.63, 3.8) is 0 Å². The third kappa shape index (κ3) is 7.72. The smallest absolute Gasteiger partial charge is 0.0133 e. The molecule has 0 amide bonds. The molecule has 20 heavy (non-hydrogen) atoms. The van der Waals surface area contributed by atoms with Crippen molar-refractivity contribution in [2.24, 2.45) is 11.8 Å². The molecule has 114 valence electrons. The molecule has 0 aromatic carbocycles. The molecule has 0 heteroatoms. The average Bonchev–Trinajstić information content (AvgIpc) is 2.48. The molecule has 0 saturated carbocycles. The molecule has 0 spiro atoms. The number of allylic oxidation sites excluding steroid dienone is 6. The van der Waals surface area contributed by atoms with Gasteiger partial charge in [0, 0.05) is 0 Å². The third-order valence-electron chi connectivity index (χ3n) is 4.25. The van der Waals surface area contributed by atoms with Crippen molar-refractivity contribution >= 4 is 0 Å². The Kier molecular flexibility index (Phi) is 10.4. The maximum atomic E-state index is 2.49. The molecule has 2 unspecified atom stereocenters. The SMILES string of the molecule is CCCCCC=CC1CC=CCC1C=CCCCCC. The van der Waals surface area contributed by atoms with Crippen LogP contribution >= 0.6 is 0 Å². The van der Waals surface area contributed by atoms with E-state index in [2.05, 4.69) is 50.3 Å². The van der Waals surface area contributed by atoms with Crippen molar-refractivity contribution < 1.29 is 0 Å². The second kappa shape index (κ2) is 12.0.